The number of phenols is 1. The molecular formula is C16H17NO3. The molecule has 0 spiro atoms. The molecule has 4 heteroatoms. The lowest BCUT2D eigenvalue weighted by Crippen LogP contribution is -2.37. The Bertz CT molecular complexity index is 552. The minimum absolute atomic E-state index is 0.0771. The van der Waals surface area contributed by atoms with Crippen molar-refractivity contribution < 1.29 is 15.1 Å². The number of nitrogens with one attached hydrogen (secondary N) is 1. The lowest BCUT2D eigenvalue weighted by Gasteiger charge is -2.14. The van der Waals surface area contributed by atoms with Crippen LogP contribution in [0.25, 0.3) is 0 Å². The van der Waals surface area contributed by atoms with Crippen molar-refractivity contribution >= 4 is 5.78 Å². The highest BCUT2D eigenvalue weighted by Gasteiger charge is 2.18. The van der Waals surface area contributed by atoms with Gasteiger partial charge in [0.1, 0.15) is 5.75 Å². The molecule has 2 aromatic rings. The molecular weight excluding hydrogens is 254 g/mol. The highest BCUT2D eigenvalue weighted by atomic mass is 16.5. The topological polar surface area (TPSA) is 69.6 Å². The molecule has 0 aromatic heterocycles. The molecule has 0 aliphatic heterocycles. The van der Waals surface area contributed by atoms with Gasteiger partial charge in [-0.2, -0.15) is 5.48 Å². The number of hydrogen-bond acceptors (Lipinski definition) is 4. The fraction of sp³-hybridized carbons (Fsp3) is 0.188. The van der Waals surface area contributed by atoms with Gasteiger partial charge < -0.3 is 10.3 Å². The van der Waals surface area contributed by atoms with E-state index >= 15 is 0 Å². The van der Waals surface area contributed by atoms with Gasteiger partial charge in [-0.05, 0) is 29.7 Å². The van der Waals surface area contributed by atoms with Crippen LogP contribution in [0, 0.1) is 0 Å². The molecule has 0 amide bonds. The summed E-state index contributed by atoms with van der Waals surface area (Å²) in [6, 6.07) is 15.3. The predicted octanol–water partition coefficient (Wildman–Crippen LogP) is 2.09. The van der Waals surface area contributed by atoms with Crippen molar-refractivity contribution in [1.82, 2.24) is 5.48 Å². The van der Waals surface area contributed by atoms with E-state index in [0.717, 1.165) is 11.1 Å². The summed E-state index contributed by atoms with van der Waals surface area (Å²) in [7, 11) is 0. The average molecular weight is 271 g/mol. The Balaban J connectivity index is 2.00. The molecule has 3 N–H and O–H groups in total. The summed E-state index contributed by atoms with van der Waals surface area (Å²) in [5.74, 6) is 0.102. The first-order chi connectivity index (χ1) is 9.69. The maximum atomic E-state index is 12.1. The maximum absolute atomic E-state index is 12.1. The van der Waals surface area contributed by atoms with Gasteiger partial charge in [0.05, 0.1) is 6.04 Å². The van der Waals surface area contributed by atoms with Gasteiger partial charge in [0.15, 0.2) is 5.78 Å². The van der Waals surface area contributed by atoms with Crippen LogP contribution >= 0.6 is 0 Å². The molecule has 0 heterocycles. The van der Waals surface area contributed by atoms with Gasteiger partial charge in [-0.25, -0.2) is 0 Å². The zero-order valence-electron chi connectivity index (χ0n) is 11.0. The number of aromatic hydroxyl groups is 1. The van der Waals surface area contributed by atoms with Crippen molar-refractivity contribution in [2.75, 3.05) is 0 Å². The monoisotopic (exact) mass is 271 g/mol. The minimum atomic E-state index is -0.653. The summed E-state index contributed by atoms with van der Waals surface area (Å²) in [6.07, 6.45) is 0.652. The fourth-order valence-corrected chi connectivity index (χ4v) is 2.02. The van der Waals surface area contributed by atoms with E-state index in [1.807, 2.05) is 30.3 Å². The summed E-state index contributed by atoms with van der Waals surface area (Å²) in [5, 5.41) is 18.4. The van der Waals surface area contributed by atoms with E-state index in [2.05, 4.69) is 5.48 Å². The molecule has 104 valence electrons. The van der Waals surface area contributed by atoms with Crippen LogP contribution in [0.3, 0.4) is 0 Å². The van der Waals surface area contributed by atoms with Crippen LogP contribution in [0.1, 0.15) is 11.1 Å². The molecule has 0 bridgehead atoms. The van der Waals surface area contributed by atoms with Crippen molar-refractivity contribution in [1.29, 1.82) is 0 Å². The number of carbonyl (C=O) groups is 1. The number of ketones is 1. The molecule has 0 saturated heterocycles. The normalized spacial score (nSPS) is 12.1. The largest absolute Gasteiger partial charge is 0.508 e. The van der Waals surface area contributed by atoms with Gasteiger partial charge in [0, 0.05) is 6.42 Å². The molecule has 1 atom stereocenters. The zero-order valence-corrected chi connectivity index (χ0v) is 11.0. The molecule has 0 aliphatic rings. The van der Waals surface area contributed by atoms with Gasteiger partial charge in [-0.15, -0.1) is 0 Å². The second-order valence-corrected chi connectivity index (χ2v) is 4.68. The lowest BCUT2D eigenvalue weighted by molar-refractivity contribution is -0.122. The van der Waals surface area contributed by atoms with E-state index in [-0.39, 0.29) is 18.0 Å². The van der Waals surface area contributed by atoms with Gasteiger partial charge >= 0.3 is 0 Å². The van der Waals surface area contributed by atoms with E-state index < -0.39 is 6.04 Å². The Hall–Kier alpha value is -2.17. The first-order valence-electron chi connectivity index (χ1n) is 6.43. The quantitative estimate of drug-likeness (QED) is 0.704. The van der Waals surface area contributed by atoms with Crippen LogP contribution in [0.2, 0.25) is 0 Å². The summed E-state index contributed by atoms with van der Waals surface area (Å²) in [6.45, 7) is 0. The third-order valence-corrected chi connectivity index (χ3v) is 3.14. The van der Waals surface area contributed by atoms with Gasteiger partial charge in [0.2, 0.25) is 0 Å². The van der Waals surface area contributed by atoms with Crippen LogP contribution in [0.4, 0.5) is 0 Å². The number of phenolic OH excluding ortho intramolecular Hbond substituents is 1. The van der Waals surface area contributed by atoms with Crippen molar-refractivity contribution in [3.8, 4) is 5.75 Å². The number of Topliss-reactive ketones (excluding diaryl/α,β-unsaturated/α-hetero) is 1. The first kappa shape index (κ1) is 14.2. The molecule has 4 nitrogen and oxygen atoms in total. The average Bonchev–Trinajstić information content (AvgIpc) is 2.47. The second-order valence-electron chi connectivity index (χ2n) is 4.68. The number of benzene rings is 2. The zero-order chi connectivity index (χ0) is 14.4. The molecule has 2 aromatic carbocycles. The van der Waals surface area contributed by atoms with Gasteiger partial charge in [-0.3, -0.25) is 4.79 Å². The SMILES string of the molecule is O=C(Cc1ccccc1)[C@H](Cc1ccc(O)cc1)NO. The molecule has 0 fully saturated rings. The highest BCUT2D eigenvalue weighted by Crippen LogP contribution is 2.12. The minimum Gasteiger partial charge on any atom is -0.508 e. The predicted molar refractivity (Wildman–Crippen MR) is 75.7 cm³/mol. The van der Waals surface area contributed by atoms with Crippen LogP contribution < -0.4 is 5.48 Å². The van der Waals surface area contributed by atoms with Gasteiger partial charge in [0.25, 0.3) is 0 Å². The fourth-order valence-electron chi connectivity index (χ4n) is 2.02. The maximum Gasteiger partial charge on any atom is 0.156 e. The smallest absolute Gasteiger partial charge is 0.156 e. The Kier molecular flexibility index (Phi) is 4.87. The van der Waals surface area contributed by atoms with E-state index in [1.54, 1.807) is 24.3 Å². The molecule has 0 aliphatic carbocycles. The van der Waals surface area contributed by atoms with E-state index in [9.17, 15) is 15.1 Å². The Labute approximate surface area is 117 Å². The van der Waals surface area contributed by atoms with E-state index in [0.29, 0.717) is 6.42 Å². The number of hydrogen-bond donors (Lipinski definition) is 3. The van der Waals surface area contributed by atoms with Gasteiger partial charge in [-0.1, -0.05) is 42.5 Å². The Morgan fingerprint density at radius 1 is 1.00 bits per heavy atom. The molecule has 2 rings (SSSR count). The van der Waals surface area contributed by atoms with Crippen LogP contribution in [-0.4, -0.2) is 22.1 Å². The van der Waals surface area contributed by atoms with Crippen molar-refractivity contribution in [2.24, 2.45) is 0 Å². The van der Waals surface area contributed by atoms with E-state index in [1.165, 1.54) is 0 Å². The van der Waals surface area contributed by atoms with Crippen molar-refractivity contribution in [3.63, 3.8) is 0 Å². The van der Waals surface area contributed by atoms with Crippen molar-refractivity contribution in [2.45, 2.75) is 18.9 Å². The molecule has 0 unspecified atom stereocenters. The van der Waals surface area contributed by atoms with Crippen LogP contribution in [0.5, 0.6) is 5.75 Å². The summed E-state index contributed by atoms with van der Waals surface area (Å²) in [5.41, 5.74) is 3.86. The number of hydroxylamine groups is 1. The summed E-state index contributed by atoms with van der Waals surface area (Å²) < 4.78 is 0. The number of carbonyl (C=O) groups excluding carboxylic acids is 1. The molecule has 0 radical (unpaired) electrons. The Morgan fingerprint density at radius 2 is 1.65 bits per heavy atom. The standard InChI is InChI=1S/C16H17NO3/c18-14-8-6-13(7-9-14)10-15(17-20)16(19)11-12-4-2-1-3-5-12/h1-9,15,17-18,20H,10-11H2/t15-/m0/s1. The third kappa shape index (κ3) is 3.91. The summed E-state index contributed by atoms with van der Waals surface area (Å²) >= 11 is 0. The summed E-state index contributed by atoms with van der Waals surface area (Å²) in [4.78, 5) is 12.1. The molecule has 20 heavy (non-hydrogen) atoms. The van der Waals surface area contributed by atoms with E-state index in [4.69, 9.17) is 0 Å². The van der Waals surface area contributed by atoms with Crippen LogP contribution in [-0.2, 0) is 17.6 Å². The Morgan fingerprint density at radius 3 is 2.25 bits per heavy atom. The third-order valence-electron chi connectivity index (χ3n) is 3.14. The lowest BCUT2D eigenvalue weighted by atomic mass is 9.98. The second kappa shape index (κ2) is 6.84. The van der Waals surface area contributed by atoms with Crippen molar-refractivity contribution in [3.05, 3.63) is 65.7 Å². The highest BCUT2D eigenvalue weighted by molar-refractivity contribution is 5.86. The van der Waals surface area contributed by atoms with Crippen LogP contribution in [0.15, 0.2) is 54.6 Å². The number of rotatable bonds is 6. The first-order valence-corrected chi connectivity index (χ1v) is 6.43. The molecule has 0 saturated carbocycles.